The Kier molecular flexibility index (Phi) is 5.69. The highest BCUT2D eigenvalue weighted by Crippen LogP contribution is 2.16. The number of likely N-dealkylation sites (N-methyl/N-ethyl adjacent to an activating group) is 1. The highest BCUT2D eigenvalue weighted by molar-refractivity contribution is 5.02. The molecule has 1 aromatic heterocycles. The number of nitrogens with zero attached hydrogens (tertiary/aromatic N) is 2. The molecule has 17 heavy (non-hydrogen) atoms. The minimum absolute atomic E-state index is 0.514. The molecule has 0 saturated carbocycles. The number of nitrogens with one attached hydrogen (secondary N) is 1. The molecule has 0 aromatic carbocycles. The Labute approximate surface area is 106 Å². The lowest BCUT2D eigenvalue weighted by Crippen LogP contribution is -2.32. The lowest BCUT2D eigenvalue weighted by molar-refractivity contribution is 0.404. The van der Waals surface area contributed by atoms with Crippen molar-refractivity contribution >= 4 is 0 Å². The smallest absolute Gasteiger partial charge is 0.0640 e. The Balaban J connectivity index is 2.67. The lowest BCUT2D eigenvalue weighted by Gasteiger charge is -2.19. The van der Waals surface area contributed by atoms with Crippen LogP contribution >= 0.6 is 0 Å². The molecular formula is C14H27N3. The first-order valence-corrected chi connectivity index (χ1v) is 6.83. The van der Waals surface area contributed by atoms with Crippen molar-refractivity contribution in [2.75, 3.05) is 7.05 Å². The topological polar surface area (TPSA) is 29.9 Å². The molecule has 0 bridgehead atoms. The van der Waals surface area contributed by atoms with Crippen molar-refractivity contribution in [3.63, 3.8) is 0 Å². The number of hydrogen-bond acceptors (Lipinski definition) is 2. The van der Waals surface area contributed by atoms with Crippen molar-refractivity contribution in [1.82, 2.24) is 15.1 Å². The predicted octanol–water partition coefficient (Wildman–Crippen LogP) is 3.03. The van der Waals surface area contributed by atoms with Gasteiger partial charge in [0.05, 0.1) is 11.7 Å². The summed E-state index contributed by atoms with van der Waals surface area (Å²) in [5.74, 6) is 0.637. The molecule has 0 aliphatic rings. The van der Waals surface area contributed by atoms with E-state index in [1.807, 2.05) is 7.05 Å². The molecule has 0 aliphatic carbocycles. The highest BCUT2D eigenvalue weighted by Gasteiger charge is 2.14. The van der Waals surface area contributed by atoms with Crippen molar-refractivity contribution in [3.8, 4) is 0 Å². The van der Waals surface area contributed by atoms with E-state index in [-0.39, 0.29) is 0 Å². The van der Waals surface area contributed by atoms with Crippen molar-refractivity contribution in [3.05, 3.63) is 18.0 Å². The molecule has 0 spiro atoms. The summed E-state index contributed by atoms with van der Waals surface area (Å²) in [7, 11) is 2.03. The van der Waals surface area contributed by atoms with Crippen molar-refractivity contribution in [1.29, 1.82) is 0 Å². The number of rotatable bonds is 7. The van der Waals surface area contributed by atoms with Crippen LogP contribution in [-0.4, -0.2) is 22.9 Å². The van der Waals surface area contributed by atoms with Gasteiger partial charge in [-0.1, -0.05) is 27.7 Å². The van der Waals surface area contributed by atoms with Crippen LogP contribution in [0.15, 0.2) is 12.3 Å². The molecule has 1 N–H and O–H groups in total. The molecule has 1 atom stereocenters. The quantitative estimate of drug-likeness (QED) is 0.790. The van der Waals surface area contributed by atoms with Gasteiger partial charge in [-0.3, -0.25) is 4.68 Å². The molecule has 1 aromatic rings. The lowest BCUT2D eigenvalue weighted by atomic mass is 10.00. The fraction of sp³-hybridized carbons (Fsp3) is 0.786. The van der Waals surface area contributed by atoms with Gasteiger partial charge in [0, 0.05) is 18.7 Å². The fourth-order valence-corrected chi connectivity index (χ4v) is 2.25. The summed E-state index contributed by atoms with van der Waals surface area (Å²) in [6.45, 7) is 8.94. The summed E-state index contributed by atoms with van der Waals surface area (Å²) in [5, 5.41) is 8.07. The average molecular weight is 237 g/mol. The zero-order chi connectivity index (χ0) is 12.8. The Morgan fingerprint density at radius 1 is 1.29 bits per heavy atom. The molecule has 3 nitrogen and oxygen atoms in total. The minimum atomic E-state index is 0.514. The molecule has 0 aliphatic heterocycles. The SMILES string of the molecule is CCC(CC)n1ccc(CC(NC)C(C)C)n1. The Hall–Kier alpha value is -0.830. The van der Waals surface area contributed by atoms with Crippen LogP contribution in [0.3, 0.4) is 0 Å². The second kappa shape index (κ2) is 6.80. The molecular weight excluding hydrogens is 210 g/mol. The molecule has 0 fully saturated rings. The van der Waals surface area contributed by atoms with Crippen molar-refractivity contribution < 1.29 is 0 Å². The molecule has 1 rings (SSSR count). The molecule has 0 radical (unpaired) electrons. The van der Waals surface area contributed by atoms with Crippen LogP contribution in [0.25, 0.3) is 0 Å². The second-order valence-electron chi connectivity index (χ2n) is 5.10. The Morgan fingerprint density at radius 2 is 1.94 bits per heavy atom. The first kappa shape index (κ1) is 14.2. The summed E-state index contributed by atoms with van der Waals surface area (Å²) < 4.78 is 2.13. The van der Waals surface area contributed by atoms with Crippen LogP contribution in [0, 0.1) is 5.92 Å². The van der Waals surface area contributed by atoms with E-state index in [0.717, 1.165) is 19.3 Å². The van der Waals surface area contributed by atoms with Gasteiger partial charge in [0.1, 0.15) is 0 Å². The molecule has 3 heteroatoms. The van der Waals surface area contributed by atoms with Gasteiger partial charge in [0.15, 0.2) is 0 Å². The highest BCUT2D eigenvalue weighted by atomic mass is 15.3. The third-order valence-corrected chi connectivity index (χ3v) is 3.58. The normalized spacial score (nSPS) is 13.6. The molecule has 0 amide bonds. The van der Waals surface area contributed by atoms with Crippen LogP contribution in [0.4, 0.5) is 0 Å². The maximum atomic E-state index is 4.70. The van der Waals surface area contributed by atoms with E-state index in [1.165, 1.54) is 5.69 Å². The van der Waals surface area contributed by atoms with E-state index < -0.39 is 0 Å². The first-order valence-electron chi connectivity index (χ1n) is 6.83. The van der Waals surface area contributed by atoms with E-state index in [1.54, 1.807) is 0 Å². The zero-order valence-electron chi connectivity index (χ0n) is 11.9. The van der Waals surface area contributed by atoms with E-state index >= 15 is 0 Å². The van der Waals surface area contributed by atoms with Crippen LogP contribution in [0.1, 0.15) is 52.3 Å². The van der Waals surface area contributed by atoms with Crippen LogP contribution in [0.2, 0.25) is 0 Å². The van der Waals surface area contributed by atoms with Crippen LogP contribution in [0.5, 0.6) is 0 Å². The van der Waals surface area contributed by atoms with Gasteiger partial charge in [-0.15, -0.1) is 0 Å². The van der Waals surface area contributed by atoms with E-state index in [4.69, 9.17) is 5.10 Å². The molecule has 1 heterocycles. The van der Waals surface area contributed by atoms with Crippen molar-refractivity contribution in [2.24, 2.45) is 5.92 Å². The van der Waals surface area contributed by atoms with Gasteiger partial charge in [-0.25, -0.2) is 0 Å². The minimum Gasteiger partial charge on any atom is -0.316 e. The van der Waals surface area contributed by atoms with Gasteiger partial charge >= 0.3 is 0 Å². The van der Waals surface area contributed by atoms with Crippen LogP contribution < -0.4 is 5.32 Å². The third kappa shape index (κ3) is 3.84. The maximum Gasteiger partial charge on any atom is 0.0640 e. The van der Waals surface area contributed by atoms with Crippen LogP contribution in [-0.2, 0) is 6.42 Å². The zero-order valence-corrected chi connectivity index (χ0v) is 11.9. The van der Waals surface area contributed by atoms with Gasteiger partial charge in [-0.2, -0.15) is 5.10 Å². The summed E-state index contributed by atoms with van der Waals surface area (Å²) in [6.07, 6.45) is 5.44. The molecule has 1 unspecified atom stereocenters. The Morgan fingerprint density at radius 3 is 2.41 bits per heavy atom. The predicted molar refractivity (Wildman–Crippen MR) is 73.2 cm³/mol. The number of hydrogen-bond donors (Lipinski definition) is 1. The Bertz CT molecular complexity index is 313. The monoisotopic (exact) mass is 237 g/mol. The molecule has 0 saturated heterocycles. The average Bonchev–Trinajstić information content (AvgIpc) is 2.76. The third-order valence-electron chi connectivity index (χ3n) is 3.58. The van der Waals surface area contributed by atoms with Gasteiger partial charge in [0.2, 0.25) is 0 Å². The van der Waals surface area contributed by atoms with Crippen molar-refractivity contribution in [2.45, 2.75) is 59.0 Å². The summed E-state index contributed by atoms with van der Waals surface area (Å²) in [4.78, 5) is 0. The van der Waals surface area contributed by atoms with E-state index in [9.17, 15) is 0 Å². The summed E-state index contributed by atoms with van der Waals surface area (Å²) in [6, 6.07) is 3.22. The largest absolute Gasteiger partial charge is 0.316 e. The van der Waals surface area contributed by atoms with Gasteiger partial charge in [-0.05, 0) is 31.9 Å². The number of aromatic nitrogens is 2. The van der Waals surface area contributed by atoms with Gasteiger partial charge < -0.3 is 5.32 Å². The fourth-order valence-electron chi connectivity index (χ4n) is 2.25. The summed E-state index contributed by atoms with van der Waals surface area (Å²) >= 11 is 0. The first-order chi connectivity index (χ1) is 8.12. The summed E-state index contributed by atoms with van der Waals surface area (Å²) in [5.41, 5.74) is 1.20. The van der Waals surface area contributed by atoms with Gasteiger partial charge in [0.25, 0.3) is 0 Å². The van der Waals surface area contributed by atoms with E-state index in [0.29, 0.717) is 18.0 Å². The molecule has 98 valence electrons. The van der Waals surface area contributed by atoms with E-state index in [2.05, 4.69) is 50.0 Å². The second-order valence-corrected chi connectivity index (χ2v) is 5.10. The standard InChI is InChI=1S/C14H27N3/c1-6-13(7-2)17-9-8-12(16-17)10-14(15-5)11(3)4/h8-9,11,13-15H,6-7,10H2,1-5H3. The maximum absolute atomic E-state index is 4.70.